The average Bonchev–Trinajstić information content (AvgIpc) is 3.46. The Morgan fingerprint density at radius 3 is 2.57 bits per heavy atom. The van der Waals surface area contributed by atoms with E-state index in [1.807, 2.05) is 0 Å². The van der Waals surface area contributed by atoms with Gasteiger partial charge in [-0.3, -0.25) is 23.0 Å². The Kier molecular flexibility index (Phi) is 7.70. The topological polar surface area (TPSA) is 198 Å². The van der Waals surface area contributed by atoms with E-state index in [4.69, 9.17) is 31.1 Å². The van der Waals surface area contributed by atoms with E-state index >= 15 is 0 Å². The van der Waals surface area contributed by atoms with Crippen LogP contribution >= 0.6 is 31.2 Å². The molecule has 0 aliphatic carbocycles. The zero-order chi connectivity index (χ0) is 29.8. The number of aliphatic hydroxyl groups is 1. The molecule has 0 bridgehead atoms. The molecule has 0 amide bonds. The monoisotopic (exact) mass is 655 g/mol. The summed E-state index contributed by atoms with van der Waals surface area (Å²) >= 11 is 7.13. The van der Waals surface area contributed by atoms with Gasteiger partial charge in [0, 0.05) is 16.5 Å². The van der Waals surface area contributed by atoms with Gasteiger partial charge in [0.1, 0.15) is 18.3 Å². The maximum absolute atomic E-state index is 13.6. The van der Waals surface area contributed by atoms with Crippen LogP contribution in [0.25, 0.3) is 11.2 Å². The number of fused-ring (bicyclic) bond motifs is 2. The van der Waals surface area contributed by atoms with Crippen LogP contribution in [0.3, 0.4) is 0 Å². The van der Waals surface area contributed by atoms with Crippen LogP contribution in [0, 0.1) is 0 Å². The minimum Gasteiger partial charge on any atom is -0.386 e. The number of phosphoric acid groups is 1. The molecule has 1 unspecified atom stereocenters. The lowest BCUT2D eigenvalue weighted by Gasteiger charge is -2.27. The van der Waals surface area contributed by atoms with Gasteiger partial charge in [-0.15, -0.1) is 0 Å². The molecule has 2 fully saturated rings. The third-order valence-electron chi connectivity index (χ3n) is 6.73. The summed E-state index contributed by atoms with van der Waals surface area (Å²) in [6, 6.07) is 14.6. The molecule has 18 heteroatoms. The standard InChI is InChI=1S/C24H23ClN5O9PS2/c25-13-6-8-14(9-7-13)41-24-27-17-20(30(24)22-18(31)19-16(38-22)12-37-40(33,34)39-19)28-23(26)29(21(17)32)10-11-42(35,36)15-4-2-1-3-5-15/h1-9,16,18-19,22,31H,10-12H2,(H2,26,28)(H,33,34)/t16-,18-,19-,22-/m1/s1. The van der Waals surface area contributed by atoms with Gasteiger partial charge >= 0.3 is 7.82 Å². The molecule has 2 aromatic heterocycles. The number of anilines is 1. The Balaban J connectivity index is 1.42. The molecule has 2 aliphatic rings. The summed E-state index contributed by atoms with van der Waals surface area (Å²) in [5, 5.41) is 11.8. The number of benzene rings is 2. The molecule has 2 saturated heterocycles. The molecule has 2 aromatic carbocycles. The second-order valence-corrected chi connectivity index (χ2v) is 14.4. The van der Waals surface area contributed by atoms with Gasteiger partial charge in [-0.05, 0) is 36.4 Å². The van der Waals surface area contributed by atoms with Crippen molar-refractivity contribution in [1.82, 2.24) is 19.1 Å². The van der Waals surface area contributed by atoms with Crippen molar-refractivity contribution in [3.63, 3.8) is 0 Å². The fraction of sp³-hybridized carbons (Fsp3) is 0.292. The average molecular weight is 656 g/mol. The number of imidazole rings is 1. The van der Waals surface area contributed by atoms with Crippen LogP contribution in [0.2, 0.25) is 5.02 Å². The molecule has 0 saturated carbocycles. The minimum atomic E-state index is -4.40. The van der Waals surface area contributed by atoms with Crippen molar-refractivity contribution in [3.8, 4) is 0 Å². The summed E-state index contributed by atoms with van der Waals surface area (Å²) in [5.41, 5.74) is 5.25. The van der Waals surface area contributed by atoms with Crippen LogP contribution in [0.1, 0.15) is 6.23 Å². The Labute approximate surface area is 247 Å². The zero-order valence-electron chi connectivity index (χ0n) is 21.4. The first-order valence-electron chi connectivity index (χ1n) is 12.4. The molecular weight excluding hydrogens is 633 g/mol. The van der Waals surface area contributed by atoms with Crippen molar-refractivity contribution in [2.45, 2.75) is 46.0 Å². The zero-order valence-corrected chi connectivity index (χ0v) is 24.7. The largest absolute Gasteiger partial charge is 0.472 e. The fourth-order valence-electron chi connectivity index (χ4n) is 4.69. The van der Waals surface area contributed by atoms with E-state index in [2.05, 4.69) is 9.97 Å². The molecule has 0 spiro atoms. The van der Waals surface area contributed by atoms with Gasteiger partial charge in [-0.1, -0.05) is 41.6 Å². The smallest absolute Gasteiger partial charge is 0.386 e. The van der Waals surface area contributed by atoms with Crippen LogP contribution in [0.4, 0.5) is 5.95 Å². The number of nitrogens with two attached hydrogens (primary N) is 1. The van der Waals surface area contributed by atoms with Gasteiger partial charge in [-0.2, -0.15) is 4.98 Å². The van der Waals surface area contributed by atoms with E-state index in [0.717, 1.165) is 16.3 Å². The number of ether oxygens (including phenoxy) is 1. The number of rotatable bonds is 7. The predicted molar refractivity (Wildman–Crippen MR) is 151 cm³/mol. The van der Waals surface area contributed by atoms with Crippen molar-refractivity contribution in [2.75, 3.05) is 18.1 Å². The first kappa shape index (κ1) is 29.3. The molecule has 4 aromatic rings. The Hall–Kier alpha value is -2.79. The number of halogens is 1. The number of aromatic nitrogens is 4. The first-order valence-corrected chi connectivity index (χ1v) is 16.8. The summed E-state index contributed by atoms with van der Waals surface area (Å²) < 4.78 is 55.9. The Morgan fingerprint density at radius 2 is 1.86 bits per heavy atom. The maximum atomic E-state index is 13.6. The van der Waals surface area contributed by atoms with E-state index in [-0.39, 0.29) is 40.3 Å². The highest BCUT2D eigenvalue weighted by molar-refractivity contribution is 7.99. The van der Waals surface area contributed by atoms with Crippen LogP contribution in [-0.2, 0) is 34.7 Å². The molecule has 2 aliphatic heterocycles. The molecule has 0 radical (unpaired) electrons. The van der Waals surface area contributed by atoms with Crippen LogP contribution in [0.15, 0.2) is 74.3 Å². The van der Waals surface area contributed by atoms with Crippen molar-refractivity contribution in [2.24, 2.45) is 0 Å². The van der Waals surface area contributed by atoms with Crippen LogP contribution < -0.4 is 11.3 Å². The van der Waals surface area contributed by atoms with Gasteiger partial charge in [-0.25, -0.2) is 18.0 Å². The van der Waals surface area contributed by atoms with E-state index in [0.29, 0.717) is 9.92 Å². The summed E-state index contributed by atoms with van der Waals surface area (Å²) in [6.45, 7) is -0.614. The summed E-state index contributed by atoms with van der Waals surface area (Å²) in [7, 11) is -8.14. The molecule has 4 heterocycles. The number of phosphoric ester groups is 1. The van der Waals surface area contributed by atoms with Crippen LogP contribution in [0.5, 0.6) is 0 Å². The Morgan fingerprint density at radius 1 is 1.14 bits per heavy atom. The minimum absolute atomic E-state index is 0.0491. The van der Waals surface area contributed by atoms with Gasteiger partial charge in [0.25, 0.3) is 5.56 Å². The van der Waals surface area contributed by atoms with Gasteiger partial charge in [0.15, 0.2) is 32.4 Å². The van der Waals surface area contributed by atoms with E-state index in [9.17, 15) is 27.8 Å². The third-order valence-corrected chi connectivity index (χ3v) is 10.7. The highest BCUT2D eigenvalue weighted by Crippen LogP contribution is 2.53. The van der Waals surface area contributed by atoms with Crippen molar-refractivity contribution in [3.05, 3.63) is 70.0 Å². The molecular formula is C24H23ClN5O9PS2. The van der Waals surface area contributed by atoms with Crippen LogP contribution in [-0.4, -0.2) is 68.2 Å². The molecule has 222 valence electrons. The predicted octanol–water partition coefficient (Wildman–Crippen LogP) is 2.23. The lowest BCUT2D eigenvalue weighted by Crippen LogP contribution is -2.39. The van der Waals surface area contributed by atoms with Crippen molar-refractivity contribution >= 4 is 58.1 Å². The van der Waals surface area contributed by atoms with Gasteiger partial charge in [0.05, 0.1) is 17.3 Å². The highest BCUT2D eigenvalue weighted by atomic mass is 35.5. The van der Waals surface area contributed by atoms with Crippen molar-refractivity contribution in [1.29, 1.82) is 0 Å². The molecule has 42 heavy (non-hydrogen) atoms. The number of hydrogen-bond donors (Lipinski definition) is 3. The normalized spacial score (nSPS) is 26.0. The van der Waals surface area contributed by atoms with E-state index < -0.39 is 53.5 Å². The lowest BCUT2D eigenvalue weighted by atomic mass is 10.1. The van der Waals surface area contributed by atoms with Gasteiger partial charge in [0.2, 0.25) is 5.95 Å². The first-order chi connectivity index (χ1) is 19.9. The summed E-state index contributed by atoms with van der Waals surface area (Å²) in [4.78, 5) is 33.0. The highest BCUT2D eigenvalue weighted by Gasteiger charge is 2.53. The Bertz CT molecular complexity index is 1870. The summed E-state index contributed by atoms with van der Waals surface area (Å²) in [5.74, 6) is -0.711. The number of hydrogen-bond acceptors (Lipinski definition) is 12. The van der Waals surface area contributed by atoms with Gasteiger partial charge < -0.3 is 20.5 Å². The van der Waals surface area contributed by atoms with Crippen molar-refractivity contribution < 1.29 is 36.8 Å². The quantitative estimate of drug-likeness (QED) is 0.245. The number of aliphatic hydroxyl groups excluding tert-OH is 1. The van der Waals surface area contributed by atoms with E-state index in [1.54, 1.807) is 42.5 Å². The number of sulfone groups is 1. The molecule has 4 N–H and O–H groups in total. The molecule has 6 rings (SSSR count). The second kappa shape index (κ2) is 11.0. The fourth-order valence-corrected chi connectivity index (χ4v) is 7.92. The SMILES string of the molecule is Nc1nc2c(nc(Sc3ccc(Cl)cc3)n2[C@@H]2O[C@@H]3COP(=O)(O)O[C@H]3[C@H]2O)c(=O)n1CCS(=O)(=O)c1ccccc1. The number of nitrogens with zero attached hydrogens (tertiary/aromatic N) is 4. The maximum Gasteiger partial charge on any atom is 0.472 e. The number of nitrogen functional groups attached to an aromatic ring is 1. The third kappa shape index (κ3) is 5.50. The second-order valence-electron chi connectivity index (χ2n) is 9.44. The summed E-state index contributed by atoms with van der Waals surface area (Å²) in [6.07, 6.45) is -4.87. The van der Waals surface area contributed by atoms with E-state index in [1.165, 1.54) is 16.7 Å². The lowest BCUT2D eigenvalue weighted by molar-refractivity contribution is -0.0684. The molecule has 14 nitrogen and oxygen atoms in total. The molecule has 5 atom stereocenters.